The molecule has 2 heterocycles. The number of hydrogen-bond acceptors (Lipinski definition) is 3. The highest BCUT2D eigenvalue weighted by Gasteiger charge is 2.30. The maximum Gasteiger partial charge on any atom is 0.223 e. The van der Waals surface area contributed by atoms with E-state index in [1.165, 1.54) is 5.56 Å². The van der Waals surface area contributed by atoms with Crippen molar-refractivity contribution in [2.45, 2.75) is 51.1 Å². The van der Waals surface area contributed by atoms with Gasteiger partial charge in [0.05, 0.1) is 0 Å². The Morgan fingerprint density at radius 1 is 1.23 bits per heavy atom. The van der Waals surface area contributed by atoms with Gasteiger partial charge in [-0.05, 0) is 44.7 Å². The molecule has 0 saturated carbocycles. The molecular weight excluding hydrogens is 350 g/mol. The zero-order chi connectivity index (χ0) is 17.6. The lowest BCUT2D eigenvalue weighted by atomic mass is 9.92. The van der Waals surface area contributed by atoms with E-state index in [0.29, 0.717) is 19.0 Å². The standard InChI is InChI=1S/C20H29N3O2.ClH/c1-15-13-17(9-11-21-15)20(25)22-18-10-12-23(14-18)19(24)8-7-16-5-3-2-4-6-16;/h2-6,15,17-18,21H,7-14H2,1H3,(H,22,25);1H/t15-,17-,18?;/m0./s1. The Kier molecular flexibility index (Phi) is 7.91. The number of carbonyl (C=O) groups excluding carboxylic acids is 2. The fourth-order valence-corrected chi connectivity index (χ4v) is 3.85. The first-order valence-corrected chi connectivity index (χ1v) is 9.47. The average molecular weight is 380 g/mol. The van der Waals surface area contributed by atoms with Crippen LogP contribution in [0.4, 0.5) is 0 Å². The van der Waals surface area contributed by atoms with Gasteiger partial charge in [0, 0.05) is 37.5 Å². The third kappa shape index (κ3) is 5.71. The molecule has 1 aromatic rings. The molecule has 1 aromatic carbocycles. The van der Waals surface area contributed by atoms with Gasteiger partial charge in [-0.3, -0.25) is 9.59 Å². The molecule has 1 unspecified atom stereocenters. The summed E-state index contributed by atoms with van der Waals surface area (Å²) in [6, 6.07) is 10.6. The minimum absolute atomic E-state index is 0. The van der Waals surface area contributed by atoms with E-state index in [0.717, 1.165) is 38.8 Å². The average Bonchev–Trinajstić information content (AvgIpc) is 3.09. The molecular formula is C20H30ClN3O2. The lowest BCUT2D eigenvalue weighted by molar-refractivity contribution is -0.131. The summed E-state index contributed by atoms with van der Waals surface area (Å²) in [4.78, 5) is 26.7. The van der Waals surface area contributed by atoms with E-state index >= 15 is 0 Å². The first kappa shape index (κ1) is 20.7. The quantitative estimate of drug-likeness (QED) is 0.824. The number of nitrogens with one attached hydrogen (secondary N) is 2. The van der Waals surface area contributed by atoms with Crippen LogP contribution in [0, 0.1) is 5.92 Å². The summed E-state index contributed by atoms with van der Waals surface area (Å²) >= 11 is 0. The Balaban J connectivity index is 0.00000243. The van der Waals surface area contributed by atoms with Gasteiger partial charge in [0.2, 0.25) is 11.8 Å². The second-order valence-corrected chi connectivity index (χ2v) is 7.40. The first-order valence-electron chi connectivity index (χ1n) is 9.47. The molecule has 5 nitrogen and oxygen atoms in total. The van der Waals surface area contributed by atoms with E-state index in [2.05, 4.69) is 29.7 Å². The lowest BCUT2D eigenvalue weighted by Gasteiger charge is -2.28. The number of halogens is 1. The number of amides is 2. The van der Waals surface area contributed by atoms with Gasteiger partial charge in [-0.25, -0.2) is 0 Å². The fourth-order valence-electron chi connectivity index (χ4n) is 3.85. The van der Waals surface area contributed by atoms with E-state index in [4.69, 9.17) is 0 Å². The maximum absolute atomic E-state index is 12.4. The monoisotopic (exact) mass is 379 g/mol. The van der Waals surface area contributed by atoms with Crippen molar-refractivity contribution >= 4 is 24.2 Å². The number of aryl methyl sites for hydroxylation is 1. The molecule has 2 aliphatic heterocycles. The third-order valence-electron chi connectivity index (χ3n) is 5.35. The van der Waals surface area contributed by atoms with E-state index in [9.17, 15) is 9.59 Å². The number of nitrogens with zero attached hydrogens (tertiary/aromatic N) is 1. The molecule has 2 saturated heterocycles. The molecule has 0 bridgehead atoms. The van der Waals surface area contributed by atoms with Crippen LogP contribution in [-0.4, -0.2) is 48.4 Å². The number of piperidine rings is 1. The molecule has 26 heavy (non-hydrogen) atoms. The highest BCUT2D eigenvalue weighted by atomic mass is 35.5. The summed E-state index contributed by atoms with van der Waals surface area (Å²) < 4.78 is 0. The highest BCUT2D eigenvalue weighted by Crippen LogP contribution is 2.18. The van der Waals surface area contributed by atoms with Crippen molar-refractivity contribution < 1.29 is 9.59 Å². The van der Waals surface area contributed by atoms with E-state index in [-0.39, 0.29) is 36.2 Å². The molecule has 144 valence electrons. The molecule has 2 aliphatic rings. The van der Waals surface area contributed by atoms with Crippen LogP contribution in [-0.2, 0) is 16.0 Å². The Bertz CT molecular complexity index is 596. The molecule has 2 amide bonds. The van der Waals surface area contributed by atoms with Gasteiger partial charge < -0.3 is 15.5 Å². The number of rotatable bonds is 5. The first-order chi connectivity index (χ1) is 12.1. The fraction of sp³-hybridized carbons (Fsp3) is 0.600. The van der Waals surface area contributed by atoms with E-state index in [1.807, 2.05) is 23.1 Å². The van der Waals surface area contributed by atoms with E-state index < -0.39 is 0 Å². The largest absolute Gasteiger partial charge is 0.351 e. The summed E-state index contributed by atoms with van der Waals surface area (Å²) in [5.41, 5.74) is 1.19. The van der Waals surface area contributed by atoms with Gasteiger partial charge in [0.1, 0.15) is 0 Å². The van der Waals surface area contributed by atoms with Crippen molar-refractivity contribution in [1.82, 2.24) is 15.5 Å². The molecule has 0 spiro atoms. The van der Waals surface area contributed by atoms with Crippen molar-refractivity contribution in [1.29, 1.82) is 0 Å². The number of carbonyl (C=O) groups is 2. The van der Waals surface area contributed by atoms with Crippen molar-refractivity contribution in [3.63, 3.8) is 0 Å². The highest BCUT2D eigenvalue weighted by molar-refractivity contribution is 5.85. The molecule has 6 heteroatoms. The molecule has 2 fully saturated rings. The number of likely N-dealkylation sites (tertiary alicyclic amines) is 1. The van der Waals surface area contributed by atoms with Crippen molar-refractivity contribution in [2.24, 2.45) is 5.92 Å². The number of benzene rings is 1. The summed E-state index contributed by atoms with van der Waals surface area (Å²) in [6.07, 6.45) is 3.99. The van der Waals surface area contributed by atoms with Crippen LogP contribution in [0.3, 0.4) is 0 Å². The zero-order valence-electron chi connectivity index (χ0n) is 15.4. The van der Waals surface area contributed by atoms with Crippen LogP contribution < -0.4 is 10.6 Å². The summed E-state index contributed by atoms with van der Waals surface area (Å²) in [6.45, 7) is 4.44. The minimum atomic E-state index is 0. The van der Waals surface area contributed by atoms with Gasteiger partial charge in [0.15, 0.2) is 0 Å². The molecule has 0 aliphatic carbocycles. The number of hydrogen-bond donors (Lipinski definition) is 2. The van der Waals surface area contributed by atoms with Crippen LogP contribution in [0.2, 0.25) is 0 Å². The smallest absolute Gasteiger partial charge is 0.223 e. The van der Waals surface area contributed by atoms with Crippen LogP contribution in [0.15, 0.2) is 30.3 Å². The summed E-state index contributed by atoms with van der Waals surface area (Å²) in [5, 5.41) is 6.54. The van der Waals surface area contributed by atoms with Gasteiger partial charge in [-0.2, -0.15) is 0 Å². The van der Waals surface area contributed by atoms with E-state index in [1.54, 1.807) is 0 Å². The van der Waals surface area contributed by atoms with Crippen LogP contribution in [0.5, 0.6) is 0 Å². The summed E-state index contributed by atoms with van der Waals surface area (Å²) in [5.74, 6) is 0.465. The lowest BCUT2D eigenvalue weighted by Crippen LogP contribution is -2.46. The Labute approximate surface area is 162 Å². The van der Waals surface area contributed by atoms with Crippen molar-refractivity contribution in [3.8, 4) is 0 Å². The van der Waals surface area contributed by atoms with Gasteiger partial charge in [0.25, 0.3) is 0 Å². The molecule has 2 N–H and O–H groups in total. The second kappa shape index (κ2) is 9.93. The van der Waals surface area contributed by atoms with Crippen LogP contribution in [0.25, 0.3) is 0 Å². The summed E-state index contributed by atoms with van der Waals surface area (Å²) in [7, 11) is 0. The van der Waals surface area contributed by atoms with Gasteiger partial charge in [-0.1, -0.05) is 30.3 Å². The molecule has 0 aromatic heterocycles. The topological polar surface area (TPSA) is 61.4 Å². The Hall–Kier alpha value is -1.59. The molecule has 0 radical (unpaired) electrons. The zero-order valence-corrected chi connectivity index (χ0v) is 16.3. The Morgan fingerprint density at radius 2 is 2.00 bits per heavy atom. The Morgan fingerprint density at radius 3 is 2.73 bits per heavy atom. The SMILES string of the molecule is C[C@H]1C[C@@H](C(=O)NC2CCN(C(=O)CCc3ccccc3)C2)CCN1.Cl. The van der Waals surface area contributed by atoms with Crippen LogP contribution in [0.1, 0.15) is 38.2 Å². The van der Waals surface area contributed by atoms with Gasteiger partial charge >= 0.3 is 0 Å². The molecule has 3 rings (SSSR count). The molecule has 3 atom stereocenters. The van der Waals surface area contributed by atoms with Gasteiger partial charge in [-0.15, -0.1) is 12.4 Å². The normalized spacial score (nSPS) is 25.4. The van der Waals surface area contributed by atoms with Crippen molar-refractivity contribution in [3.05, 3.63) is 35.9 Å². The second-order valence-electron chi connectivity index (χ2n) is 7.40. The third-order valence-corrected chi connectivity index (χ3v) is 5.35. The predicted molar refractivity (Wildman–Crippen MR) is 105 cm³/mol. The maximum atomic E-state index is 12.4. The van der Waals surface area contributed by atoms with Crippen LogP contribution >= 0.6 is 12.4 Å². The van der Waals surface area contributed by atoms with Crippen molar-refractivity contribution in [2.75, 3.05) is 19.6 Å². The minimum Gasteiger partial charge on any atom is -0.351 e. The predicted octanol–water partition coefficient (Wildman–Crippen LogP) is 2.15.